The van der Waals surface area contributed by atoms with Crippen molar-refractivity contribution < 1.29 is 14.0 Å². The minimum atomic E-state index is -0.610. The van der Waals surface area contributed by atoms with Gasteiger partial charge in [-0.05, 0) is 18.1 Å². The molecule has 0 spiro atoms. The minimum absolute atomic E-state index is 0.0226. The number of rotatable bonds is 3. The number of anilines is 1. The molecule has 0 radical (unpaired) electrons. The van der Waals surface area contributed by atoms with Crippen molar-refractivity contribution in [3.8, 4) is 0 Å². The van der Waals surface area contributed by atoms with Crippen LogP contribution in [-0.4, -0.2) is 16.8 Å². The van der Waals surface area contributed by atoms with Gasteiger partial charge in [-0.2, -0.15) is 0 Å². The van der Waals surface area contributed by atoms with Gasteiger partial charge in [-0.15, -0.1) is 0 Å². The first-order valence-corrected chi connectivity index (χ1v) is 8.10. The summed E-state index contributed by atoms with van der Waals surface area (Å²) >= 11 is 0. The van der Waals surface area contributed by atoms with Crippen LogP contribution < -0.4 is 10.5 Å². The van der Waals surface area contributed by atoms with Gasteiger partial charge in [0.05, 0.1) is 0 Å². The summed E-state index contributed by atoms with van der Waals surface area (Å²) in [7, 11) is 0. The Balaban J connectivity index is 2.52. The zero-order valence-corrected chi connectivity index (χ0v) is 14.3. The molecule has 0 aliphatic carbocycles. The number of pyridine rings is 1. The predicted octanol–water partition coefficient (Wildman–Crippen LogP) is 3.19. The van der Waals surface area contributed by atoms with E-state index in [2.05, 4.69) is 4.98 Å². The Hall–Kier alpha value is -3.02. The standard InChI is InChI=1S/C19H18N2O4/c1-4-7-13-10-20-18(21(11(2)22)12(3)23)17-16(13)14-8-5-6-9-15(14)25-19(17)24/h5-6,8-10H,4,7H2,1-3H3. The molecule has 2 heterocycles. The predicted molar refractivity (Wildman–Crippen MR) is 95.6 cm³/mol. The van der Waals surface area contributed by atoms with Gasteiger partial charge in [0.2, 0.25) is 11.8 Å². The lowest BCUT2D eigenvalue weighted by molar-refractivity contribution is -0.124. The van der Waals surface area contributed by atoms with Gasteiger partial charge in [-0.1, -0.05) is 31.5 Å². The van der Waals surface area contributed by atoms with Crippen LogP contribution in [0.3, 0.4) is 0 Å². The molecule has 0 unspecified atom stereocenters. The van der Waals surface area contributed by atoms with Crippen molar-refractivity contribution in [1.29, 1.82) is 0 Å². The van der Waals surface area contributed by atoms with Gasteiger partial charge in [0.15, 0.2) is 5.82 Å². The summed E-state index contributed by atoms with van der Waals surface area (Å²) in [5.41, 5.74) is 0.741. The van der Waals surface area contributed by atoms with Crippen LogP contribution in [0.15, 0.2) is 39.7 Å². The third-order valence-corrected chi connectivity index (χ3v) is 4.06. The van der Waals surface area contributed by atoms with Crippen molar-refractivity contribution in [3.63, 3.8) is 0 Å². The Kier molecular flexibility index (Phi) is 4.35. The SMILES string of the molecule is CCCc1cnc(N(C(C)=O)C(C)=O)c2c(=O)oc3ccccc3c12. The average Bonchev–Trinajstić information content (AvgIpc) is 2.56. The first-order valence-electron chi connectivity index (χ1n) is 8.10. The topological polar surface area (TPSA) is 80.5 Å². The lowest BCUT2D eigenvalue weighted by Gasteiger charge is -2.19. The molecule has 6 heteroatoms. The van der Waals surface area contributed by atoms with E-state index in [1.165, 1.54) is 13.8 Å². The highest BCUT2D eigenvalue weighted by Crippen LogP contribution is 2.31. The summed E-state index contributed by atoms with van der Waals surface area (Å²) in [5.74, 6) is -0.983. The van der Waals surface area contributed by atoms with E-state index in [9.17, 15) is 14.4 Å². The fraction of sp³-hybridized carbons (Fsp3) is 0.263. The van der Waals surface area contributed by atoms with Crippen molar-refractivity contribution in [3.05, 3.63) is 46.4 Å². The minimum Gasteiger partial charge on any atom is -0.422 e. The van der Waals surface area contributed by atoms with Gasteiger partial charge < -0.3 is 4.42 Å². The molecule has 0 saturated heterocycles. The molecule has 2 aromatic heterocycles. The first kappa shape index (κ1) is 16.8. The van der Waals surface area contributed by atoms with Crippen LogP contribution in [0, 0.1) is 0 Å². The van der Waals surface area contributed by atoms with Gasteiger partial charge in [-0.25, -0.2) is 14.7 Å². The number of fused-ring (bicyclic) bond motifs is 3. The molecule has 0 atom stereocenters. The number of carbonyl (C=O) groups is 2. The molecule has 0 N–H and O–H groups in total. The smallest absolute Gasteiger partial charge is 0.348 e. The van der Waals surface area contributed by atoms with Gasteiger partial charge >= 0.3 is 5.63 Å². The number of amides is 2. The zero-order chi connectivity index (χ0) is 18.1. The molecular weight excluding hydrogens is 320 g/mol. The highest BCUT2D eigenvalue weighted by atomic mass is 16.4. The van der Waals surface area contributed by atoms with Crippen LogP contribution in [0.1, 0.15) is 32.8 Å². The Labute approximate surface area is 144 Å². The van der Waals surface area contributed by atoms with Crippen LogP contribution in [0.4, 0.5) is 5.82 Å². The summed E-state index contributed by atoms with van der Waals surface area (Å²) in [6.07, 6.45) is 3.22. The van der Waals surface area contributed by atoms with Crippen LogP contribution >= 0.6 is 0 Å². The fourth-order valence-electron chi connectivity index (χ4n) is 3.10. The third kappa shape index (κ3) is 2.80. The number of hydrogen-bond acceptors (Lipinski definition) is 5. The number of nitrogens with zero attached hydrogens (tertiary/aromatic N) is 2. The molecule has 3 rings (SSSR count). The second-order valence-corrected chi connectivity index (χ2v) is 5.87. The van der Waals surface area contributed by atoms with Gasteiger partial charge in [0, 0.05) is 30.8 Å². The number of benzene rings is 1. The molecule has 2 amide bonds. The summed E-state index contributed by atoms with van der Waals surface area (Å²) in [5, 5.41) is 1.61. The Morgan fingerprint density at radius 2 is 1.80 bits per heavy atom. The monoisotopic (exact) mass is 338 g/mol. The molecule has 0 saturated carbocycles. The van der Waals surface area contributed by atoms with E-state index in [-0.39, 0.29) is 11.2 Å². The summed E-state index contributed by atoms with van der Waals surface area (Å²) < 4.78 is 5.41. The lowest BCUT2D eigenvalue weighted by Crippen LogP contribution is -2.34. The fourth-order valence-corrected chi connectivity index (χ4v) is 3.10. The maximum Gasteiger partial charge on any atom is 0.348 e. The Bertz CT molecular complexity index is 1040. The quantitative estimate of drug-likeness (QED) is 0.541. The number of imide groups is 1. The molecular formula is C19H18N2O4. The van der Waals surface area contributed by atoms with E-state index in [1.54, 1.807) is 18.3 Å². The second kappa shape index (κ2) is 6.47. The number of aryl methyl sites for hydroxylation is 1. The van der Waals surface area contributed by atoms with Crippen molar-refractivity contribution in [1.82, 2.24) is 4.98 Å². The Morgan fingerprint density at radius 3 is 2.44 bits per heavy atom. The molecule has 0 fully saturated rings. The molecule has 0 aliphatic rings. The summed E-state index contributed by atoms with van der Waals surface area (Å²) in [6.45, 7) is 4.56. The second-order valence-electron chi connectivity index (χ2n) is 5.87. The van der Waals surface area contributed by atoms with Crippen molar-refractivity contribution in [2.75, 3.05) is 4.90 Å². The van der Waals surface area contributed by atoms with Crippen LogP contribution in [-0.2, 0) is 16.0 Å². The number of hydrogen-bond donors (Lipinski definition) is 0. The molecule has 1 aromatic carbocycles. The molecule has 0 aliphatic heterocycles. The molecule has 6 nitrogen and oxygen atoms in total. The van der Waals surface area contributed by atoms with Crippen LogP contribution in [0.25, 0.3) is 21.7 Å². The molecule has 25 heavy (non-hydrogen) atoms. The molecule has 128 valence electrons. The van der Waals surface area contributed by atoms with Crippen molar-refractivity contribution >= 4 is 39.4 Å². The van der Waals surface area contributed by atoms with Gasteiger partial charge in [0.1, 0.15) is 11.0 Å². The number of carbonyl (C=O) groups excluding carboxylic acids is 2. The summed E-state index contributed by atoms with van der Waals surface area (Å²) in [4.78, 5) is 41.7. The maximum absolute atomic E-state index is 12.7. The van der Waals surface area contributed by atoms with E-state index in [1.807, 2.05) is 19.1 Å². The summed E-state index contributed by atoms with van der Waals surface area (Å²) in [6, 6.07) is 7.22. The van der Waals surface area contributed by atoms with Crippen molar-refractivity contribution in [2.45, 2.75) is 33.6 Å². The normalized spacial score (nSPS) is 11.0. The highest BCUT2D eigenvalue weighted by Gasteiger charge is 2.24. The van der Waals surface area contributed by atoms with E-state index in [0.717, 1.165) is 28.7 Å². The van der Waals surface area contributed by atoms with E-state index >= 15 is 0 Å². The number of aromatic nitrogens is 1. The zero-order valence-electron chi connectivity index (χ0n) is 14.3. The van der Waals surface area contributed by atoms with Gasteiger partial charge in [0.25, 0.3) is 0 Å². The first-order chi connectivity index (χ1) is 12.0. The number of para-hydroxylation sites is 1. The van der Waals surface area contributed by atoms with Crippen LogP contribution in [0.2, 0.25) is 0 Å². The largest absolute Gasteiger partial charge is 0.422 e. The van der Waals surface area contributed by atoms with Crippen LogP contribution in [0.5, 0.6) is 0 Å². The maximum atomic E-state index is 12.7. The van der Waals surface area contributed by atoms with Crippen molar-refractivity contribution in [2.24, 2.45) is 0 Å². The lowest BCUT2D eigenvalue weighted by atomic mass is 10.0. The van der Waals surface area contributed by atoms with Gasteiger partial charge in [-0.3, -0.25) is 9.59 Å². The third-order valence-electron chi connectivity index (χ3n) is 4.06. The van der Waals surface area contributed by atoms with E-state index < -0.39 is 17.4 Å². The molecule has 0 bridgehead atoms. The average molecular weight is 338 g/mol. The van der Waals surface area contributed by atoms with E-state index in [4.69, 9.17) is 4.42 Å². The van der Waals surface area contributed by atoms with E-state index in [0.29, 0.717) is 11.0 Å². The highest BCUT2D eigenvalue weighted by molar-refractivity contribution is 6.19. The molecule has 3 aromatic rings. The Morgan fingerprint density at radius 1 is 1.12 bits per heavy atom.